The van der Waals surface area contributed by atoms with Gasteiger partial charge in [0.25, 0.3) is 0 Å². The van der Waals surface area contributed by atoms with Gasteiger partial charge < -0.3 is 25.6 Å². The second-order valence-electron chi connectivity index (χ2n) is 7.72. The van der Waals surface area contributed by atoms with E-state index in [9.17, 15) is 4.79 Å². The maximum absolute atomic E-state index is 12.3. The van der Waals surface area contributed by atoms with Crippen LogP contribution in [0.4, 0.5) is 33.6 Å². The number of amides is 2. The number of carbonyl (C=O) groups is 1. The van der Waals surface area contributed by atoms with Crippen LogP contribution in [-0.4, -0.2) is 36.2 Å². The standard InChI is InChI=1S/C24H28N6O2/c1-17-16-22(30-14-6-3-7-15-30)29-23(25-17)26-18-10-12-19(13-11-18)27-24(31)28-20-8-4-5-9-21(20)32-2/h4-5,8-13,16H,3,6-7,14-15H2,1-2H3,(H,25,26,29)(H2,27,28,31). The van der Waals surface area contributed by atoms with Crippen molar-refractivity contribution in [2.45, 2.75) is 26.2 Å². The van der Waals surface area contributed by atoms with Crippen LogP contribution in [0.25, 0.3) is 0 Å². The van der Waals surface area contributed by atoms with Crippen LogP contribution in [0.3, 0.4) is 0 Å². The first-order valence-electron chi connectivity index (χ1n) is 10.8. The summed E-state index contributed by atoms with van der Waals surface area (Å²) in [6.45, 7) is 4.05. The number of aryl methyl sites for hydroxylation is 1. The molecule has 8 nitrogen and oxygen atoms in total. The fourth-order valence-corrected chi connectivity index (χ4v) is 3.69. The molecule has 2 aromatic carbocycles. The molecule has 1 aliphatic rings. The van der Waals surface area contributed by atoms with Gasteiger partial charge in [0.1, 0.15) is 11.6 Å². The van der Waals surface area contributed by atoms with Gasteiger partial charge >= 0.3 is 6.03 Å². The summed E-state index contributed by atoms with van der Waals surface area (Å²) in [7, 11) is 1.57. The number of nitrogens with one attached hydrogen (secondary N) is 3. The third kappa shape index (κ3) is 5.46. The molecule has 3 N–H and O–H groups in total. The summed E-state index contributed by atoms with van der Waals surface area (Å²) in [5, 5.41) is 8.88. The number of aromatic nitrogens is 2. The highest BCUT2D eigenvalue weighted by atomic mass is 16.5. The van der Waals surface area contributed by atoms with E-state index in [2.05, 4.69) is 25.8 Å². The van der Waals surface area contributed by atoms with Gasteiger partial charge in [-0.1, -0.05) is 12.1 Å². The molecular formula is C24H28N6O2. The minimum Gasteiger partial charge on any atom is -0.495 e. The molecule has 166 valence electrons. The van der Waals surface area contributed by atoms with Gasteiger partial charge in [-0.05, 0) is 62.6 Å². The molecule has 8 heteroatoms. The van der Waals surface area contributed by atoms with Gasteiger partial charge in [0, 0.05) is 36.2 Å². The van der Waals surface area contributed by atoms with E-state index >= 15 is 0 Å². The number of nitrogens with zero attached hydrogens (tertiary/aromatic N) is 3. The minimum absolute atomic E-state index is 0.344. The van der Waals surface area contributed by atoms with Crippen LogP contribution in [0.1, 0.15) is 25.0 Å². The number of rotatable bonds is 6. The Bertz CT molecular complexity index is 1060. The maximum atomic E-state index is 12.3. The van der Waals surface area contributed by atoms with Gasteiger partial charge in [0.05, 0.1) is 12.8 Å². The Balaban J connectivity index is 1.38. The van der Waals surface area contributed by atoms with Crippen LogP contribution in [0.15, 0.2) is 54.6 Å². The molecule has 2 heterocycles. The molecule has 32 heavy (non-hydrogen) atoms. The molecule has 1 aliphatic heterocycles. The van der Waals surface area contributed by atoms with Crippen molar-refractivity contribution in [3.05, 3.63) is 60.3 Å². The van der Waals surface area contributed by atoms with E-state index in [4.69, 9.17) is 9.72 Å². The van der Waals surface area contributed by atoms with Crippen LogP contribution < -0.4 is 25.6 Å². The van der Waals surface area contributed by atoms with Crippen LogP contribution in [0, 0.1) is 6.92 Å². The Labute approximate surface area is 188 Å². The zero-order valence-corrected chi connectivity index (χ0v) is 18.4. The number of ether oxygens (including phenoxy) is 1. The van der Waals surface area contributed by atoms with Gasteiger partial charge in [-0.2, -0.15) is 4.98 Å². The molecular weight excluding hydrogens is 404 g/mol. The quantitative estimate of drug-likeness (QED) is 0.498. The lowest BCUT2D eigenvalue weighted by Crippen LogP contribution is -2.30. The number of carbonyl (C=O) groups excluding carboxylic acids is 1. The maximum Gasteiger partial charge on any atom is 0.323 e. The first-order chi connectivity index (χ1) is 15.6. The Morgan fingerprint density at radius 2 is 1.66 bits per heavy atom. The van der Waals surface area contributed by atoms with Crippen molar-refractivity contribution in [2.75, 3.05) is 41.0 Å². The number of methoxy groups -OCH3 is 1. The van der Waals surface area contributed by atoms with E-state index in [0.29, 0.717) is 23.1 Å². The molecule has 0 saturated carbocycles. The molecule has 0 spiro atoms. The third-order valence-corrected chi connectivity index (χ3v) is 5.27. The lowest BCUT2D eigenvalue weighted by atomic mass is 10.1. The normalized spacial score (nSPS) is 13.4. The van der Waals surface area contributed by atoms with Crippen molar-refractivity contribution in [1.82, 2.24) is 9.97 Å². The number of anilines is 5. The monoisotopic (exact) mass is 432 g/mol. The highest BCUT2D eigenvalue weighted by molar-refractivity contribution is 6.00. The molecule has 0 aliphatic carbocycles. The summed E-state index contributed by atoms with van der Waals surface area (Å²) in [5.74, 6) is 2.13. The number of hydrogen-bond acceptors (Lipinski definition) is 6. The van der Waals surface area contributed by atoms with E-state index in [-0.39, 0.29) is 6.03 Å². The number of benzene rings is 2. The van der Waals surface area contributed by atoms with Gasteiger partial charge in [-0.3, -0.25) is 0 Å². The van der Waals surface area contributed by atoms with Crippen molar-refractivity contribution < 1.29 is 9.53 Å². The van der Waals surface area contributed by atoms with Crippen molar-refractivity contribution in [1.29, 1.82) is 0 Å². The Hall–Kier alpha value is -3.81. The third-order valence-electron chi connectivity index (χ3n) is 5.27. The highest BCUT2D eigenvalue weighted by Crippen LogP contribution is 2.24. The average molecular weight is 433 g/mol. The van der Waals surface area contributed by atoms with Crippen molar-refractivity contribution in [2.24, 2.45) is 0 Å². The molecule has 3 aromatic rings. The molecule has 0 unspecified atom stereocenters. The van der Waals surface area contributed by atoms with Crippen LogP contribution >= 0.6 is 0 Å². The van der Waals surface area contributed by atoms with Crippen molar-refractivity contribution in [3.63, 3.8) is 0 Å². The van der Waals surface area contributed by atoms with Crippen LogP contribution in [0.5, 0.6) is 5.75 Å². The largest absolute Gasteiger partial charge is 0.495 e. The molecule has 0 radical (unpaired) electrons. The van der Waals surface area contributed by atoms with E-state index in [0.717, 1.165) is 30.3 Å². The zero-order valence-electron chi connectivity index (χ0n) is 18.4. The second-order valence-corrected chi connectivity index (χ2v) is 7.72. The van der Waals surface area contributed by atoms with Gasteiger partial charge in [-0.15, -0.1) is 0 Å². The smallest absolute Gasteiger partial charge is 0.323 e. The van der Waals surface area contributed by atoms with E-state index < -0.39 is 0 Å². The molecule has 1 aromatic heterocycles. The molecule has 0 bridgehead atoms. The molecule has 4 rings (SSSR count). The number of para-hydroxylation sites is 2. The Morgan fingerprint density at radius 1 is 0.938 bits per heavy atom. The number of hydrogen-bond donors (Lipinski definition) is 3. The van der Waals surface area contributed by atoms with E-state index in [1.807, 2.05) is 49.4 Å². The summed E-state index contributed by atoms with van der Waals surface area (Å²) in [5.41, 5.74) is 3.04. The second kappa shape index (κ2) is 10.00. The van der Waals surface area contributed by atoms with Gasteiger partial charge in [0.2, 0.25) is 5.95 Å². The molecule has 1 saturated heterocycles. The van der Waals surface area contributed by atoms with Gasteiger partial charge in [-0.25, -0.2) is 9.78 Å². The Kier molecular flexibility index (Phi) is 6.69. The average Bonchev–Trinajstić information content (AvgIpc) is 2.81. The summed E-state index contributed by atoms with van der Waals surface area (Å²) < 4.78 is 5.26. The lowest BCUT2D eigenvalue weighted by Gasteiger charge is -2.28. The Morgan fingerprint density at radius 3 is 2.41 bits per heavy atom. The summed E-state index contributed by atoms with van der Waals surface area (Å²) in [6, 6.07) is 16.4. The fourth-order valence-electron chi connectivity index (χ4n) is 3.69. The summed E-state index contributed by atoms with van der Waals surface area (Å²) in [4.78, 5) is 23.9. The SMILES string of the molecule is COc1ccccc1NC(=O)Nc1ccc(Nc2nc(C)cc(N3CCCCC3)n2)cc1. The van der Waals surface area contributed by atoms with Gasteiger partial charge in [0.15, 0.2) is 0 Å². The summed E-state index contributed by atoms with van der Waals surface area (Å²) >= 11 is 0. The fraction of sp³-hybridized carbons (Fsp3) is 0.292. The minimum atomic E-state index is -0.344. The van der Waals surface area contributed by atoms with Crippen molar-refractivity contribution in [3.8, 4) is 5.75 Å². The first-order valence-corrected chi connectivity index (χ1v) is 10.8. The van der Waals surface area contributed by atoms with Crippen LogP contribution in [0.2, 0.25) is 0 Å². The number of urea groups is 1. The topological polar surface area (TPSA) is 91.4 Å². The molecule has 2 amide bonds. The van der Waals surface area contributed by atoms with Crippen molar-refractivity contribution >= 4 is 34.9 Å². The molecule has 0 atom stereocenters. The summed E-state index contributed by atoms with van der Waals surface area (Å²) in [6.07, 6.45) is 3.68. The van der Waals surface area contributed by atoms with E-state index in [1.54, 1.807) is 19.2 Å². The lowest BCUT2D eigenvalue weighted by molar-refractivity contribution is 0.262. The number of piperidine rings is 1. The van der Waals surface area contributed by atoms with Crippen LogP contribution in [-0.2, 0) is 0 Å². The zero-order chi connectivity index (χ0) is 22.3. The highest BCUT2D eigenvalue weighted by Gasteiger charge is 2.14. The molecule has 1 fully saturated rings. The van der Waals surface area contributed by atoms with E-state index in [1.165, 1.54) is 19.3 Å². The first kappa shape index (κ1) is 21.4. The predicted octanol–water partition coefficient (Wildman–Crippen LogP) is 5.17. The predicted molar refractivity (Wildman–Crippen MR) is 128 cm³/mol.